The number of nitrogens with zero attached hydrogens (tertiary/aromatic N) is 3. The summed E-state index contributed by atoms with van der Waals surface area (Å²) in [6, 6.07) is 15.8. The van der Waals surface area contributed by atoms with Crippen LogP contribution in [0.2, 0.25) is 0 Å². The topological polar surface area (TPSA) is 105 Å². The number of fused-ring (bicyclic) bond motifs is 3. The number of amides is 1. The first-order valence-corrected chi connectivity index (χ1v) is 13.2. The maximum absolute atomic E-state index is 12.8. The van der Waals surface area contributed by atoms with Crippen LogP contribution in [0.4, 0.5) is 0 Å². The summed E-state index contributed by atoms with van der Waals surface area (Å²) in [5.41, 5.74) is 5.28. The minimum Gasteiger partial charge on any atom is -0.393 e. The molecule has 0 bridgehead atoms. The molecular weight excluding hydrogens is 464 g/mol. The van der Waals surface area contributed by atoms with Gasteiger partial charge in [-0.05, 0) is 41.9 Å². The molecule has 2 N–H and O–H groups in total. The third-order valence-electron chi connectivity index (χ3n) is 7.29. The highest BCUT2D eigenvalue weighted by Gasteiger charge is 2.33. The molecule has 1 saturated heterocycles. The Morgan fingerprint density at radius 3 is 2.54 bits per heavy atom. The van der Waals surface area contributed by atoms with Crippen LogP contribution in [0.25, 0.3) is 11.3 Å². The summed E-state index contributed by atoms with van der Waals surface area (Å²) in [4.78, 5) is 19.0. The van der Waals surface area contributed by atoms with Crippen molar-refractivity contribution in [3.63, 3.8) is 0 Å². The first-order valence-electron chi connectivity index (χ1n) is 12.0. The number of rotatable bonds is 8. The third kappa shape index (κ3) is 5.17. The molecule has 3 heterocycles. The lowest BCUT2D eigenvalue weighted by Crippen LogP contribution is -2.42. The minimum atomic E-state index is -2.62. The number of piperidine rings is 1. The van der Waals surface area contributed by atoms with Crippen molar-refractivity contribution < 1.29 is 18.3 Å². The monoisotopic (exact) mass is 494 g/mol. The van der Waals surface area contributed by atoms with Crippen LogP contribution in [0.15, 0.2) is 61.1 Å². The summed E-state index contributed by atoms with van der Waals surface area (Å²) in [6.45, 7) is 1.55. The van der Waals surface area contributed by atoms with Crippen LogP contribution in [0.3, 0.4) is 0 Å². The second-order valence-electron chi connectivity index (χ2n) is 9.40. The van der Waals surface area contributed by atoms with E-state index in [1.807, 2.05) is 53.8 Å². The molecule has 1 aromatic heterocycles. The van der Waals surface area contributed by atoms with E-state index in [4.69, 9.17) is 0 Å². The van der Waals surface area contributed by atoms with E-state index < -0.39 is 17.0 Å². The van der Waals surface area contributed by atoms with Gasteiger partial charge in [0.2, 0.25) is 16.8 Å². The normalized spacial score (nSPS) is 18.5. The summed E-state index contributed by atoms with van der Waals surface area (Å²) in [5.74, 6) is 0.248. The van der Waals surface area contributed by atoms with Gasteiger partial charge in [0.15, 0.2) is 0 Å². The molecule has 184 valence electrons. The number of likely N-dealkylation sites (tertiary alicyclic amines) is 1. The van der Waals surface area contributed by atoms with E-state index in [2.05, 4.69) is 26.4 Å². The molecule has 3 aromatic rings. The molecule has 5 rings (SSSR count). The molecule has 0 saturated carbocycles. The average molecular weight is 495 g/mol. The fraction of sp³-hybridized carbons (Fsp3) is 0.385. The number of hydrogen-bond acceptors (Lipinski definition) is 5. The van der Waals surface area contributed by atoms with Crippen LogP contribution < -0.4 is 4.72 Å². The van der Waals surface area contributed by atoms with Gasteiger partial charge >= 0.3 is 0 Å². The number of nitrogens with one attached hydrogen (secondary N) is 1. The Morgan fingerprint density at radius 2 is 1.80 bits per heavy atom. The Kier molecular flexibility index (Phi) is 6.99. The fourth-order valence-electron chi connectivity index (χ4n) is 5.34. The lowest BCUT2D eigenvalue weighted by molar-refractivity contribution is -0.132. The summed E-state index contributed by atoms with van der Waals surface area (Å²) in [7, 11) is -2.62. The molecule has 2 unspecified atom stereocenters. The Hall–Kier alpha value is -3.01. The van der Waals surface area contributed by atoms with E-state index in [-0.39, 0.29) is 24.4 Å². The van der Waals surface area contributed by atoms with Gasteiger partial charge in [-0.15, -0.1) is 0 Å². The van der Waals surface area contributed by atoms with Gasteiger partial charge in [0, 0.05) is 25.2 Å². The number of thiol groups is 1. The maximum atomic E-state index is 12.8. The van der Waals surface area contributed by atoms with Gasteiger partial charge in [-0.25, -0.2) is 18.1 Å². The van der Waals surface area contributed by atoms with Crippen molar-refractivity contribution in [2.24, 2.45) is 5.92 Å². The SMILES string of the molecule is O=C(Cc1ccc(CN[SH](=O)=O)cc1)N1CCC(C(O)CC2c3ccccc3-c3cncn32)CC1. The Balaban J connectivity index is 1.13. The highest BCUT2D eigenvalue weighted by atomic mass is 32.2. The zero-order valence-corrected chi connectivity index (χ0v) is 20.3. The van der Waals surface area contributed by atoms with Gasteiger partial charge in [0.1, 0.15) is 0 Å². The van der Waals surface area contributed by atoms with Crippen molar-refractivity contribution in [3.8, 4) is 11.3 Å². The zero-order valence-electron chi connectivity index (χ0n) is 19.4. The Labute approximate surface area is 206 Å². The van der Waals surface area contributed by atoms with Crippen LogP contribution in [-0.2, 0) is 28.7 Å². The summed E-state index contributed by atoms with van der Waals surface area (Å²) >= 11 is 0. The summed E-state index contributed by atoms with van der Waals surface area (Å²) in [6.07, 6.45) is 5.83. The van der Waals surface area contributed by atoms with Crippen LogP contribution in [0, 0.1) is 5.92 Å². The van der Waals surface area contributed by atoms with Gasteiger partial charge in [-0.2, -0.15) is 0 Å². The molecule has 35 heavy (non-hydrogen) atoms. The molecule has 0 aliphatic carbocycles. The fourth-order valence-corrected chi connectivity index (χ4v) is 5.66. The number of carbonyl (C=O) groups excluding carboxylic acids is 1. The van der Waals surface area contributed by atoms with E-state index in [0.717, 1.165) is 29.7 Å². The Morgan fingerprint density at radius 1 is 1.09 bits per heavy atom. The summed E-state index contributed by atoms with van der Waals surface area (Å²) in [5, 5.41) is 11.1. The van der Waals surface area contributed by atoms with E-state index >= 15 is 0 Å². The molecule has 2 aliphatic rings. The van der Waals surface area contributed by atoms with E-state index in [0.29, 0.717) is 25.9 Å². The molecule has 2 aromatic carbocycles. The highest BCUT2D eigenvalue weighted by Crippen LogP contribution is 2.42. The molecule has 2 atom stereocenters. The summed E-state index contributed by atoms with van der Waals surface area (Å²) < 4.78 is 25.8. The Bertz CT molecular complexity index is 1250. The minimum absolute atomic E-state index is 0.0826. The zero-order chi connectivity index (χ0) is 24.4. The van der Waals surface area contributed by atoms with Gasteiger partial charge in [0.05, 0.1) is 36.8 Å². The van der Waals surface area contributed by atoms with Crippen molar-refractivity contribution in [2.45, 2.75) is 44.4 Å². The third-order valence-corrected chi connectivity index (χ3v) is 7.71. The lowest BCUT2D eigenvalue weighted by Gasteiger charge is -2.35. The van der Waals surface area contributed by atoms with Crippen molar-refractivity contribution >= 4 is 16.8 Å². The number of aliphatic hydroxyl groups is 1. The second-order valence-corrected chi connectivity index (χ2v) is 10.2. The van der Waals surface area contributed by atoms with Crippen LogP contribution in [0.5, 0.6) is 0 Å². The number of aliphatic hydroxyl groups excluding tert-OH is 1. The molecule has 0 spiro atoms. The first kappa shape index (κ1) is 23.7. The van der Waals surface area contributed by atoms with E-state index in [1.54, 1.807) is 0 Å². The van der Waals surface area contributed by atoms with Crippen molar-refractivity contribution in [3.05, 3.63) is 77.7 Å². The number of aromatic nitrogens is 2. The smallest absolute Gasteiger partial charge is 0.226 e. The quantitative estimate of drug-likeness (QED) is 0.417. The molecule has 0 radical (unpaired) electrons. The van der Waals surface area contributed by atoms with Crippen molar-refractivity contribution in [1.82, 2.24) is 19.2 Å². The van der Waals surface area contributed by atoms with Crippen LogP contribution >= 0.6 is 0 Å². The van der Waals surface area contributed by atoms with Crippen molar-refractivity contribution in [2.75, 3.05) is 13.1 Å². The predicted octanol–water partition coefficient (Wildman–Crippen LogP) is 2.30. The standard InChI is InChI=1S/C26H30N4O4S/c31-25(14-23-21-3-1-2-4-22(21)24-16-27-17-30(23)24)20-9-11-29(12-10-20)26(32)13-18-5-7-19(8-6-18)15-28-35(33)34/h1-8,16-17,20,23,25,31,35H,9-15H2,(H,28,33,34). The molecular formula is C26H30N4O4S. The van der Waals surface area contributed by atoms with Crippen LogP contribution in [0.1, 0.15) is 42.0 Å². The van der Waals surface area contributed by atoms with E-state index in [9.17, 15) is 18.3 Å². The molecule has 2 aliphatic heterocycles. The lowest BCUT2D eigenvalue weighted by atomic mass is 9.86. The second kappa shape index (κ2) is 10.3. The van der Waals surface area contributed by atoms with Gasteiger partial charge in [-0.1, -0.05) is 48.5 Å². The largest absolute Gasteiger partial charge is 0.393 e. The molecule has 8 nitrogen and oxygen atoms in total. The van der Waals surface area contributed by atoms with E-state index in [1.165, 1.54) is 11.1 Å². The number of benzene rings is 2. The van der Waals surface area contributed by atoms with Gasteiger partial charge in [0.25, 0.3) is 0 Å². The molecule has 1 fully saturated rings. The number of hydrogen-bond donors (Lipinski definition) is 3. The molecule has 9 heteroatoms. The number of imidazole rings is 1. The molecule has 1 amide bonds. The van der Waals surface area contributed by atoms with Crippen LogP contribution in [-0.4, -0.2) is 53.1 Å². The highest BCUT2D eigenvalue weighted by molar-refractivity contribution is 7.70. The van der Waals surface area contributed by atoms with Crippen molar-refractivity contribution in [1.29, 1.82) is 0 Å². The predicted molar refractivity (Wildman–Crippen MR) is 133 cm³/mol. The van der Waals surface area contributed by atoms with Gasteiger partial charge < -0.3 is 14.6 Å². The first-order chi connectivity index (χ1) is 17.0. The maximum Gasteiger partial charge on any atom is 0.226 e. The number of carbonyl (C=O) groups is 1. The van der Waals surface area contributed by atoms with Gasteiger partial charge in [-0.3, -0.25) is 4.79 Å². The average Bonchev–Trinajstić information content (AvgIpc) is 3.46.